The topological polar surface area (TPSA) is 106 Å². The van der Waals surface area contributed by atoms with E-state index in [1.54, 1.807) is 24.3 Å². The minimum absolute atomic E-state index is 0.261. The average Bonchev–Trinajstić information content (AvgIpc) is 2.40. The molecule has 1 aromatic carbocycles. The number of hydrogen-bond acceptors (Lipinski definition) is 4. The lowest BCUT2D eigenvalue weighted by Crippen LogP contribution is -2.29. The molecule has 1 saturated carbocycles. The molecule has 118 valence electrons. The molecule has 0 atom stereocenters. The van der Waals surface area contributed by atoms with Gasteiger partial charge in [0.2, 0.25) is 20.0 Å². The molecule has 0 bridgehead atoms. The fourth-order valence-electron chi connectivity index (χ4n) is 2.52. The summed E-state index contributed by atoms with van der Waals surface area (Å²) >= 11 is 0. The highest BCUT2D eigenvalue weighted by Crippen LogP contribution is 2.25. The summed E-state index contributed by atoms with van der Waals surface area (Å²) in [5, 5.41) is 4.63. The first kappa shape index (κ1) is 16.3. The van der Waals surface area contributed by atoms with E-state index in [-0.39, 0.29) is 11.0 Å². The van der Waals surface area contributed by atoms with Crippen molar-refractivity contribution in [3.05, 3.63) is 29.8 Å². The lowest BCUT2D eigenvalue weighted by atomic mass is 10.0. The SMILES string of the molecule is NS(=O)(=O)Cc1ccc(NS(=O)(=O)C2CCCCC2)cc1. The maximum Gasteiger partial charge on any atom is 0.235 e. The Labute approximate surface area is 125 Å². The van der Waals surface area contributed by atoms with Gasteiger partial charge in [-0.2, -0.15) is 0 Å². The number of nitrogens with one attached hydrogen (secondary N) is 1. The Balaban J connectivity index is 2.05. The third-order valence-corrected chi connectivity index (χ3v) is 6.18. The fourth-order valence-corrected chi connectivity index (χ4v) is 4.77. The van der Waals surface area contributed by atoms with Gasteiger partial charge in [-0.15, -0.1) is 0 Å². The zero-order valence-corrected chi connectivity index (χ0v) is 13.3. The molecule has 1 aromatic rings. The van der Waals surface area contributed by atoms with E-state index in [0.717, 1.165) is 19.3 Å². The van der Waals surface area contributed by atoms with Crippen LogP contribution in [0.4, 0.5) is 5.69 Å². The number of anilines is 1. The highest BCUT2D eigenvalue weighted by Gasteiger charge is 2.27. The molecule has 3 N–H and O–H groups in total. The van der Waals surface area contributed by atoms with Crippen molar-refractivity contribution in [2.24, 2.45) is 5.14 Å². The van der Waals surface area contributed by atoms with E-state index in [4.69, 9.17) is 5.14 Å². The lowest BCUT2D eigenvalue weighted by Gasteiger charge is -2.22. The van der Waals surface area contributed by atoms with Crippen molar-refractivity contribution in [2.75, 3.05) is 4.72 Å². The number of primary sulfonamides is 1. The molecule has 0 saturated heterocycles. The van der Waals surface area contributed by atoms with Gasteiger partial charge in [0, 0.05) is 5.69 Å². The number of benzene rings is 1. The Kier molecular flexibility index (Phi) is 4.90. The molecule has 1 fully saturated rings. The predicted molar refractivity (Wildman–Crippen MR) is 82.7 cm³/mol. The molecule has 0 heterocycles. The van der Waals surface area contributed by atoms with Gasteiger partial charge in [0.05, 0.1) is 11.0 Å². The maximum atomic E-state index is 12.2. The van der Waals surface area contributed by atoms with Crippen LogP contribution in [0.1, 0.15) is 37.7 Å². The van der Waals surface area contributed by atoms with E-state index in [0.29, 0.717) is 24.1 Å². The van der Waals surface area contributed by atoms with Gasteiger partial charge in [0.1, 0.15) is 0 Å². The van der Waals surface area contributed by atoms with Gasteiger partial charge >= 0.3 is 0 Å². The number of hydrogen-bond donors (Lipinski definition) is 2. The summed E-state index contributed by atoms with van der Waals surface area (Å²) in [4.78, 5) is 0. The molecule has 0 aliphatic heterocycles. The van der Waals surface area contributed by atoms with Crippen LogP contribution in [0.25, 0.3) is 0 Å². The van der Waals surface area contributed by atoms with E-state index in [2.05, 4.69) is 4.72 Å². The molecule has 0 amide bonds. The molecule has 0 radical (unpaired) electrons. The van der Waals surface area contributed by atoms with Crippen LogP contribution in [0.2, 0.25) is 0 Å². The van der Waals surface area contributed by atoms with Crippen molar-refractivity contribution >= 4 is 25.7 Å². The van der Waals surface area contributed by atoms with Gasteiger partial charge in [0.25, 0.3) is 0 Å². The molecule has 1 aliphatic carbocycles. The first-order chi connectivity index (χ1) is 9.76. The molecule has 21 heavy (non-hydrogen) atoms. The second kappa shape index (κ2) is 6.33. The van der Waals surface area contributed by atoms with Crippen molar-refractivity contribution in [1.82, 2.24) is 0 Å². The third-order valence-electron chi connectivity index (χ3n) is 3.57. The molecule has 0 spiro atoms. The zero-order chi connectivity index (χ0) is 15.5. The minimum Gasteiger partial charge on any atom is -0.283 e. The monoisotopic (exact) mass is 332 g/mol. The van der Waals surface area contributed by atoms with Crippen LogP contribution in [-0.4, -0.2) is 22.1 Å². The smallest absolute Gasteiger partial charge is 0.235 e. The van der Waals surface area contributed by atoms with Crippen LogP contribution >= 0.6 is 0 Å². The Hall–Kier alpha value is -1.12. The maximum absolute atomic E-state index is 12.2. The summed E-state index contributed by atoms with van der Waals surface area (Å²) in [6.07, 6.45) is 4.36. The number of nitrogens with two attached hydrogens (primary N) is 1. The van der Waals surface area contributed by atoms with Crippen LogP contribution in [-0.2, 0) is 25.8 Å². The average molecular weight is 332 g/mol. The van der Waals surface area contributed by atoms with E-state index >= 15 is 0 Å². The highest BCUT2D eigenvalue weighted by atomic mass is 32.2. The van der Waals surface area contributed by atoms with Gasteiger partial charge < -0.3 is 0 Å². The predicted octanol–water partition coefficient (Wildman–Crippen LogP) is 1.55. The zero-order valence-electron chi connectivity index (χ0n) is 11.7. The first-order valence-corrected chi connectivity index (χ1v) is 10.1. The molecular formula is C13H20N2O4S2. The van der Waals surface area contributed by atoms with Crippen LogP contribution in [0, 0.1) is 0 Å². The summed E-state index contributed by atoms with van der Waals surface area (Å²) < 4.78 is 49.0. The fraction of sp³-hybridized carbons (Fsp3) is 0.538. The summed E-state index contributed by atoms with van der Waals surface area (Å²) in [5.74, 6) is -0.261. The third kappa shape index (κ3) is 4.98. The van der Waals surface area contributed by atoms with Crippen molar-refractivity contribution in [1.29, 1.82) is 0 Å². The number of rotatable bonds is 5. The molecule has 0 aromatic heterocycles. The lowest BCUT2D eigenvalue weighted by molar-refractivity contribution is 0.486. The molecule has 2 rings (SSSR count). The van der Waals surface area contributed by atoms with Gasteiger partial charge in [-0.25, -0.2) is 22.0 Å². The van der Waals surface area contributed by atoms with Crippen molar-refractivity contribution in [2.45, 2.75) is 43.1 Å². The summed E-state index contributed by atoms with van der Waals surface area (Å²) in [7, 11) is -6.96. The quantitative estimate of drug-likeness (QED) is 0.853. The molecule has 8 heteroatoms. The number of sulfonamides is 2. The van der Waals surface area contributed by atoms with E-state index in [9.17, 15) is 16.8 Å². The minimum atomic E-state index is -3.58. The standard InChI is InChI=1S/C13H20N2O4S2/c14-20(16,17)10-11-6-8-12(9-7-11)15-21(18,19)13-4-2-1-3-5-13/h6-9,13,15H,1-5,10H2,(H2,14,16,17). The van der Waals surface area contributed by atoms with Gasteiger partial charge in [-0.05, 0) is 30.5 Å². The summed E-state index contributed by atoms with van der Waals surface area (Å²) in [6.45, 7) is 0. The second-order valence-corrected chi connectivity index (χ2v) is 8.99. The summed E-state index contributed by atoms with van der Waals surface area (Å²) in [5.41, 5.74) is 0.969. The largest absolute Gasteiger partial charge is 0.283 e. The van der Waals surface area contributed by atoms with E-state index in [1.807, 2.05) is 0 Å². The van der Waals surface area contributed by atoms with Gasteiger partial charge in [0.15, 0.2) is 0 Å². The molecule has 0 unspecified atom stereocenters. The molecule has 1 aliphatic rings. The van der Waals surface area contributed by atoms with Crippen LogP contribution < -0.4 is 9.86 Å². The van der Waals surface area contributed by atoms with Crippen molar-refractivity contribution in [3.63, 3.8) is 0 Å². The van der Waals surface area contributed by atoms with Crippen LogP contribution in [0.3, 0.4) is 0 Å². The van der Waals surface area contributed by atoms with Gasteiger partial charge in [-0.1, -0.05) is 31.4 Å². The van der Waals surface area contributed by atoms with E-state index < -0.39 is 20.0 Å². The van der Waals surface area contributed by atoms with Gasteiger partial charge in [-0.3, -0.25) is 4.72 Å². The van der Waals surface area contributed by atoms with Crippen LogP contribution in [0.15, 0.2) is 24.3 Å². The Morgan fingerprint density at radius 1 is 1.00 bits per heavy atom. The molecule has 6 nitrogen and oxygen atoms in total. The Morgan fingerprint density at radius 3 is 2.10 bits per heavy atom. The Morgan fingerprint density at radius 2 is 1.57 bits per heavy atom. The van der Waals surface area contributed by atoms with E-state index in [1.165, 1.54) is 0 Å². The summed E-state index contributed by atoms with van der Waals surface area (Å²) in [6, 6.07) is 6.23. The molecular weight excluding hydrogens is 312 g/mol. The normalized spacial score (nSPS) is 17.6. The van der Waals surface area contributed by atoms with Crippen molar-refractivity contribution < 1.29 is 16.8 Å². The highest BCUT2D eigenvalue weighted by molar-refractivity contribution is 7.93. The van der Waals surface area contributed by atoms with Crippen LogP contribution in [0.5, 0.6) is 0 Å². The van der Waals surface area contributed by atoms with Crippen molar-refractivity contribution in [3.8, 4) is 0 Å². The second-order valence-electron chi connectivity index (χ2n) is 5.41. The first-order valence-electron chi connectivity index (χ1n) is 6.87. The Bertz CT molecular complexity index is 675.